The molecule has 4 aromatic rings. The Morgan fingerprint density at radius 3 is 1.35 bits per heavy atom. The van der Waals surface area contributed by atoms with Crippen molar-refractivity contribution in [1.82, 2.24) is 0 Å². The lowest BCUT2D eigenvalue weighted by Gasteiger charge is -2.22. The van der Waals surface area contributed by atoms with E-state index in [-0.39, 0.29) is 0 Å². The van der Waals surface area contributed by atoms with Crippen LogP contribution in [0.25, 0.3) is 33.4 Å². The van der Waals surface area contributed by atoms with E-state index in [1.807, 2.05) is 6.92 Å². The maximum Gasteiger partial charge on any atom is 0.0793 e. The lowest BCUT2D eigenvalue weighted by atomic mass is 9.83. The highest BCUT2D eigenvalue weighted by Gasteiger charge is 2.20. The van der Waals surface area contributed by atoms with E-state index < -0.39 is 6.10 Å². The summed E-state index contributed by atoms with van der Waals surface area (Å²) in [5.74, 6) is 0. The first-order valence-corrected chi connectivity index (χ1v) is 11.0. The van der Waals surface area contributed by atoms with Gasteiger partial charge in [-0.2, -0.15) is 0 Å². The molecule has 0 aliphatic heterocycles. The van der Waals surface area contributed by atoms with E-state index >= 15 is 0 Å². The molecule has 0 radical (unpaired) electrons. The molecule has 156 valence electrons. The Morgan fingerprint density at radius 2 is 0.935 bits per heavy atom. The number of aliphatic hydroxyl groups is 1. The summed E-state index contributed by atoms with van der Waals surface area (Å²) >= 11 is 0. The molecule has 4 rings (SSSR count). The van der Waals surface area contributed by atoms with Gasteiger partial charge in [0.1, 0.15) is 0 Å². The van der Waals surface area contributed by atoms with Crippen LogP contribution in [0.15, 0.2) is 84.9 Å². The summed E-state index contributed by atoms with van der Waals surface area (Å²) in [6.45, 7) is 8.50. The minimum absolute atomic E-state index is 0.511. The molecule has 0 aliphatic carbocycles. The van der Waals surface area contributed by atoms with E-state index in [0.29, 0.717) is 6.42 Å². The van der Waals surface area contributed by atoms with Gasteiger partial charge in [0.2, 0.25) is 0 Å². The van der Waals surface area contributed by atoms with Crippen LogP contribution in [0, 0.1) is 20.8 Å². The van der Waals surface area contributed by atoms with Gasteiger partial charge in [0.05, 0.1) is 6.10 Å². The normalized spacial score (nSPS) is 12.0. The minimum Gasteiger partial charge on any atom is -0.388 e. The molecule has 0 spiro atoms. The van der Waals surface area contributed by atoms with Crippen LogP contribution < -0.4 is 0 Å². The third-order valence-corrected chi connectivity index (χ3v) is 6.24. The van der Waals surface area contributed by atoms with Gasteiger partial charge in [-0.05, 0) is 95.0 Å². The van der Waals surface area contributed by atoms with Crippen molar-refractivity contribution in [2.24, 2.45) is 0 Å². The average Bonchev–Trinajstić information content (AvgIpc) is 2.79. The maximum absolute atomic E-state index is 11.0. The second kappa shape index (κ2) is 8.91. The lowest BCUT2D eigenvalue weighted by molar-refractivity contribution is 0.174. The van der Waals surface area contributed by atoms with E-state index in [9.17, 15) is 5.11 Å². The van der Waals surface area contributed by atoms with Crippen molar-refractivity contribution >= 4 is 0 Å². The Balaban J connectivity index is 2.11. The van der Waals surface area contributed by atoms with Crippen LogP contribution in [0.5, 0.6) is 0 Å². The van der Waals surface area contributed by atoms with E-state index in [1.54, 1.807) is 0 Å². The average molecular weight is 407 g/mol. The number of hydrogen-bond donors (Lipinski definition) is 1. The first-order chi connectivity index (χ1) is 15.0. The van der Waals surface area contributed by atoms with Crippen molar-refractivity contribution in [2.45, 2.75) is 40.2 Å². The minimum atomic E-state index is -0.511. The first-order valence-electron chi connectivity index (χ1n) is 11.0. The van der Waals surface area contributed by atoms with E-state index in [2.05, 4.69) is 106 Å². The summed E-state index contributed by atoms with van der Waals surface area (Å²) in [7, 11) is 0. The van der Waals surface area contributed by atoms with Gasteiger partial charge < -0.3 is 5.11 Å². The largest absolute Gasteiger partial charge is 0.388 e. The SMILES string of the molecule is CC[C@H](O)c1cc(-c2ccccc2C)c(-c2ccccc2C)cc1-c1ccccc1C. The van der Waals surface area contributed by atoms with Crippen molar-refractivity contribution in [1.29, 1.82) is 0 Å². The number of aliphatic hydroxyl groups excluding tert-OH is 1. The summed E-state index contributed by atoms with van der Waals surface area (Å²) in [4.78, 5) is 0. The van der Waals surface area contributed by atoms with Gasteiger partial charge in [-0.3, -0.25) is 0 Å². The highest BCUT2D eigenvalue weighted by Crippen LogP contribution is 2.42. The molecule has 0 unspecified atom stereocenters. The molecule has 1 heteroatoms. The summed E-state index contributed by atoms with van der Waals surface area (Å²) in [5.41, 5.74) is 11.8. The molecule has 0 aromatic heterocycles. The molecule has 0 aliphatic rings. The fourth-order valence-corrected chi connectivity index (χ4v) is 4.42. The van der Waals surface area contributed by atoms with Crippen molar-refractivity contribution in [3.63, 3.8) is 0 Å². The molecule has 4 aromatic carbocycles. The predicted octanol–water partition coefficient (Wildman–Crippen LogP) is 8.06. The molecular weight excluding hydrogens is 376 g/mol. The van der Waals surface area contributed by atoms with Crippen LogP contribution in [0.4, 0.5) is 0 Å². The lowest BCUT2D eigenvalue weighted by Crippen LogP contribution is -2.02. The summed E-state index contributed by atoms with van der Waals surface area (Å²) in [6, 6.07) is 30.0. The van der Waals surface area contributed by atoms with Gasteiger partial charge in [0.15, 0.2) is 0 Å². The second-order valence-electron chi connectivity index (χ2n) is 8.35. The van der Waals surface area contributed by atoms with E-state index in [1.165, 1.54) is 44.5 Å². The molecule has 1 atom stereocenters. The molecule has 31 heavy (non-hydrogen) atoms. The highest BCUT2D eigenvalue weighted by atomic mass is 16.3. The van der Waals surface area contributed by atoms with Crippen molar-refractivity contribution in [2.75, 3.05) is 0 Å². The quantitative estimate of drug-likeness (QED) is 0.355. The number of rotatable bonds is 5. The highest BCUT2D eigenvalue weighted by molar-refractivity contribution is 5.91. The van der Waals surface area contributed by atoms with Crippen LogP contribution in [-0.2, 0) is 0 Å². The Labute approximate surface area is 186 Å². The number of benzene rings is 4. The fraction of sp³-hybridized carbons (Fsp3) is 0.200. The Hall–Kier alpha value is -3.16. The smallest absolute Gasteiger partial charge is 0.0793 e. The van der Waals surface area contributed by atoms with Crippen LogP contribution in [-0.4, -0.2) is 5.11 Å². The van der Waals surface area contributed by atoms with Gasteiger partial charge in [-0.1, -0.05) is 79.7 Å². The molecule has 0 heterocycles. The van der Waals surface area contributed by atoms with Gasteiger partial charge >= 0.3 is 0 Å². The molecule has 0 amide bonds. The third-order valence-electron chi connectivity index (χ3n) is 6.24. The molecule has 0 saturated heterocycles. The third kappa shape index (κ3) is 4.06. The van der Waals surface area contributed by atoms with Gasteiger partial charge in [0, 0.05) is 0 Å². The fourth-order valence-electron chi connectivity index (χ4n) is 4.42. The van der Waals surface area contributed by atoms with Crippen LogP contribution in [0.3, 0.4) is 0 Å². The zero-order chi connectivity index (χ0) is 22.0. The molecule has 0 saturated carbocycles. The zero-order valence-corrected chi connectivity index (χ0v) is 18.8. The summed E-state index contributed by atoms with van der Waals surface area (Å²) < 4.78 is 0. The molecular formula is C30H30O. The standard InChI is InChI=1S/C30H30O/c1-5-30(31)29-19-27(24-16-10-7-13-21(24)3)26(23-15-9-6-12-20(23)2)18-28(29)25-17-11-8-14-22(25)4/h6-19,30-31H,5H2,1-4H3/t30-/m0/s1. The molecule has 1 N–H and O–H groups in total. The van der Waals surface area contributed by atoms with Crippen LogP contribution >= 0.6 is 0 Å². The number of aryl methyl sites for hydroxylation is 3. The Kier molecular flexibility index (Phi) is 6.06. The van der Waals surface area contributed by atoms with Crippen molar-refractivity contribution in [3.8, 4) is 33.4 Å². The Morgan fingerprint density at radius 1 is 0.548 bits per heavy atom. The maximum atomic E-state index is 11.0. The van der Waals surface area contributed by atoms with E-state index in [4.69, 9.17) is 0 Å². The number of hydrogen-bond acceptors (Lipinski definition) is 1. The van der Waals surface area contributed by atoms with Gasteiger partial charge in [0.25, 0.3) is 0 Å². The monoisotopic (exact) mass is 406 g/mol. The van der Waals surface area contributed by atoms with Gasteiger partial charge in [-0.25, -0.2) is 0 Å². The van der Waals surface area contributed by atoms with Crippen LogP contribution in [0.1, 0.15) is 41.7 Å². The zero-order valence-electron chi connectivity index (χ0n) is 18.8. The predicted molar refractivity (Wildman–Crippen MR) is 132 cm³/mol. The molecule has 1 nitrogen and oxygen atoms in total. The Bertz CT molecular complexity index is 1220. The van der Waals surface area contributed by atoms with Gasteiger partial charge in [-0.15, -0.1) is 0 Å². The first kappa shape index (κ1) is 21.1. The summed E-state index contributed by atoms with van der Waals surface area (Å²) in [6.07, 6.45) is 0.166. The second-order valence-corrected chi connectivity index (χ2v) is 8.35. The van der Waals surface area contributed by atoms with E-state index in [0.717, 1.165) is 11.1 Å². The topological polar surface area (TPSA) is 20.2 Å². The molecule has 0 fully saturated rings. The summed E-state index contributed by atoms with van der Waals surface area (Å²) in [5, 5.41) is 11.0. The molecule has 0 bridgehead atoms. The van der Waals surface area contributed by atoms with Crippen LogP contribution in [0.2, 0.25) is 0 Å². The van der Waals surface area contributed by atoms with Crippen molar-refractivity contribution < 1.29 is 5.11 Å². The van der Waals surface area contributed by atoms with Crippen molar-refractivity contribution in [3.05, 3.63) is 107 Å².